The van der Waals surface area contributed by atoms with Gasteiger partial charge in [-0.1, -0.05) is 28.1 Å². The summed E-state index contributed by atoms with van der Waals surface area (Å²) in [5, 5.41) is 3.81. The first-order valence-corrected chi connectivity index (χ1v) is 7.49. The highest BCUT2D eigenvalue weighted by atomic mass is 79.9. The molecule has 0 amide bonds. The van der Waals surface area contributed by atoms with Crippen LogP contribution in [0.25, 0.3) is 0 Å². The average Bonchev–Trinajstić information content (AvgIpc) is 2.32. The second kappa shape index (κ2) is 5.72. The molecule has 1 aliphatic heterocycles. The molecule has 2 rings (SSSR count). The van der Waals surface area contributed by atoms with E-state index < -0.39 is 0 Å². The van der Waals surface area contributed by atoms with E-state index in [0.717, 1.165) is 4.47 Å². The topological polar surface area (TPSA) is 15.3 Å². The summed E-state index contributed by atoms with van der Waals surface area (Å²) in [6.45, 7) is 6.95. The van der Waals surface area contributed by atoms with Gasteiger partial charge in [0.1, 0.15) is 0 Å². The molecule has 0 unspecified atom stereocenters. The van der Waals surface area contributed by atoms with Crippen molar-refractivity contribution in [3.05, 3.63) is 34.3 Å². The molecule has 1 N–H and O–H groups in total. The Balaban J connectivity index is 2.00. The molecule has 0 aromatic heterocycles. The van der Waals surface area contributed by atoms with E-state index in [0.29, 0.717) is 6.04 Å². The first-order chi connectivity index (χ1) is 8.47. The van der Waals surface area contributed by atoms with Crippen LogP contribution in [-0.2, 0) is 5.54 Å². The second-order valence-electron chi connectivity index (χ2n) is 5.85. The fraction of sp³-hybridized carbons (Fsp3) is 0.600. The summed E-state index contributed by atoms with van der Waals surface area (Å²) in [6, 6.07) is 9.28. The normalized spacial score (nSPS) is 19.1. The van der Waals surface area contributed by atoms with Crippen molar-refractivity contribution in [2.24, 2.45) is 0 Å². The van der Waals surface area contributed by atoms with Gasteiger partial charge in [0, 0.05) is 16.1 Å². The highest BCUT2D eigenvalue weighted by molar-refractivity contribution is 9.10. The van der Waals surface area contributed by atoms with E-state index in [2.05, 4.69) is 71.3 Å². The first kappa shape index (κ1) is 14.0. The SMILES string of the molecule is CN1CCC(NC(C)(C)c2ccc(Br)cc2)CC1. The minimum Gasteiger partial charge on any atom is -0.306 e. The van der Waals surface area contributed by atoms with Crippen LogP contribution in [0.3, 0.4) is 0 Å². The van der Waals surface area contributed by atoms with Crippen molar-refractivity contribution in [1.82, 2.24) is 10.2 Å². The zero-order valence-corrected chi connectivity index (χ0v) is 13.1. The third-order valence-corrected chi connectivity index (χ3v) is 4.38. The molecule has 0 bridgehead atoms. The van der Waals surface area contributed by atoms with Gasteiger partial charge in [0.2, 0.25) is 0 Å². The highest BCUT2D eigenvalue weighted by Crippen LogP contribution is 2.24. The maximum Gasteiger partial charge on any atom is 0.0379 e. The molecule has 2 nitrogen and oxygen atoms in total. The maximum atomic E-state index is 3.81. The average molecular weight is 311 g/mol. The van der Waals surface area contributed by atoms with Crippen LogP contribution in [0.5, 0.6) is 0 Å². The Bertz CT molecular complexity index is 378. The van der Waals surface area contributed by atoms with Gasteiger partial charge in [-0.25, -0.2) is 0 Å². The molecule has 100 valence electrons. The molecule has 1 fully saturated rings. The van der Waals surface area contributed by atoms with Gasteiger partial charge >= 0.3 is 0 Å². The molecular formula is C15H23BrN2. The molecule has 1 heterocycles. The number of hydrogen-bond donors (Lipinski definition) is 1. The molecule has 0 atom stereocenters. The zero-order chi connectivity index (χ0) is 13.2. The van der Waals surface area contributed by atoms with Crippen molar-refractivity contribution in [1.29, 1.82) is 0 Å². The lowest BCUT2D eigenvalue weighted by atomic mass is 9.91. The maximum absolute atomic E-state index is 3.81. The predicted molar refractivity (Wildman–Crippen MR) is 80.8 cm³/mol. The monoisotopic (exact) mass is 310 g/mol. The van der Waals surface area contributed by atoms with E-state index >= 15 is 0 Å². The summed E-state index contributed by atoms with van der Waals surface area (Å²) in [7, 11) is 2.20. The summed E-state index contributed by atoms with van der Waals surface area (Å²) in [4.78, 5) is 2.41. The third kappa shape index (κ3) is 3.56. The predicted octanol–water partition coefficient (Wildman–Crippen LogP) is 3.37. The van der Waals surface area contributed by atoms with Crippen LogP contribution in [0.1, 0.15) is 32.3 Å². The smallest absolute Gasteiger partial charge is 0.0379 e. The number of nitrogens with one attached hydrogen (secondary N) is 1. The van der Waals surface area contributed by atoms with Gasteiger partial charge in [-0.15, -0.1) is 0 Å². The van der Waals surface area contributed by atoms with E-state index in [4.69, 9.17) is 0 Å². The van der Waals surface area contributed by atoms with Crippen molar-refractivity contribution in [2.75, 3.05) is 20.1 Å². The number of rotatable bonds is 3. The molecule has 3 heteroatoms. The number of likely N-dealkylation sites (tertiary alicyclic amines) is 1. The van der Waals surface area contributed by atoms with E-state index in [9.17, 15) is 0 Å². The van der Waals surface area contributed by atoms with E-state index in [-0.39, 0.29) is 5.54 Å². The number of piperidine rings is 1. The molecule has 1 aromatic carbocycles. The Morgan fingerprint density at radius 3 is 2.28 bits per heavy atom. The molecule has 1 saturated heterocycles. The van der Waals surface area contributed by atoms with Crippen molar-refractivity contribution < 1.29 is 0 Å². The second-order valence-corrected chi connectivity index (χ2v) is 6.77. The van der Waals surface area contributed by atoms with Gasteiger partial charge in [0.25, 0.3) is 0 Å². The largest absolute Gasteiger partial charge is 0.306 e. The first-order valence-electron chi connectivity index (χ1n) is 6.70. The summed E-state index contributed by atoms with van der Waals surface area (Å²) < 4.78 is 1.14. The summed E-state index contributed by atoms with van der Waals surface area (Å²) in [5.41, 5.74) is 1.39. The molecule has 0 aliphatic carbocycles. The van der Waals surface area contributed by atoms with Crippen LogP contribution in [0, 0.1) is 0 Å². The fourth-order valence-corrected chi connectivity index (χ4v) is 2.88. The molecule has 1 aromatic rings. The van der Waals surface area contributed by atoms with Gasteiger partial charge in [0.15, 0.2) is 0 Å². The fourth-order valence-electron chi connectivity index (χ4n) is 2.61. The quantitative estimate of drug-likeness (QED) is 0.921. The van der Waals surface area contributed by atoms with Crippen LogP contribution >= 0.6 is 15.9 Å². The van der Waals surface area contributed by atoms with Gasteiger partial charge in [-0.3, -0.25) is 0 Å². The van der Waals surface area contributed by atoms with E-state index in [1.807, 2.05) is 0 Å². The third-order valence-electron chi connectivity index (χ3n) is 3.85. The number of benzene rings is 1. The summed E-state index contributed by atoms with van der Waals surface area (Å²) >= 11 is 3.49. The summed E-state index contributed by atoms with van der Waals surface area (Å²) in [5.74, 6) is 0. The van der Waals surface area contributed by atoms with Crippen LogP contribution in [0.4, 0.5) is 0 Å². The van der Waals surface area contributed by atoms with Crippen LogP contribution < -0.4 is 5.32 Å². The van der Waals surface area contributed by atoms with E-state index in [1.165, 1.54) is 31.5 Å². The molecule has 0 saturated carbocycles. The molecule has 18 heavy (non-hydrogen) atoms. The Hall–Kier alpha value is -0.380. The van der Waals surface area contributed by atoms with Crippen molar-refractivity contribution >= 4 is 15.9 Å². The molecule has 1 aliphatic rings. The Morgan fingerprint density at radius 2 is 1.72 bits per heavy atom. The number of nitrogens with zero attached hydrogens (tertiary/aromatic N) is 1. The minimum absolute atomic E-state index is 0.0429. The van der Waals surface area contributed by atoms with E-state index in [1.54, 1.807) is 0 Å². The Labute approximate surface area is 119 Å². The van der Waals surface area contributed by atoms with Gasteiger partial charge < -0.3 is 10.2 Å². The molecular weight excluding hydrogens is 288 g/mol. The minimum atomic E-state index is 0.0429. The lowest BCUT2D eigenvalue weighted by Crippen LogP contribution is -2.48. The van der Waals surface area contributed by atoms with Gasteiger partial charge in [-0.2, -0.15) is 0 Å². The van der Waals surface area contributed by atoms with Crippen LogP contribution in [0.15, 0.2) is 28.7 Å². The summed E-state index contributed by atoms with van der Waals surface area (Å²) in [6.07, 6.45) is 2.49. The lowest BCUT2D eigenvalue weighted by molar-refractivity contribution is 0.205. The highest BCUT2D eigenvalue weighted by Gasteiger charge is 2.26. The van der Waals surface area contributed by atoms with Gasteiger partial charge in [0.05, 0.1) is 0 Å². The Morgan fingerprint density at radius 1 is 1.17 bits per heavy atom. The molecule has 0 spiro atoms. The zero-order valence-electron chi connectivity index (χ0n) is 11.5. The van der Waals surface area contributed by atoms with Crippen molar-refractivity contribution in [2.45, 2.75) is 38.3 Å². The van der Waals surface area contributed by atoms with Crippen LogP contribution in [-0.4, -0.2) is 31.1 Å². The molecule has 0 radical (unpaired) electrons. The lowest BCUT2D eigenvalue weighted by Gasteiger charge is -2.36. The van der Waals surface area contributed by atoms with Gasteiger partial charge in [-0.05, 0) is 64.5 Å². The van der Waals surface area contributed by atoms with Crippen molar-refractivity contribution in [3.8, 4) is 0 Å². The number of halogens is 1. The Kier molecular flexibility index (Phi) is 4.46. The number of hydrogen-bond acceptors (Lipinski definition) is 2. The van der Waals surface area contributed by atoms with Crippen molar-refractivity contribution in [3.63, 3.8) is 0 Å². The van der Waals surface area contributed by atoms with Crippen LogP contribution in [0.2, 0.25) is 0 Å². The standard InChI is InChI=1S/C15H23BrN2/c1-15(2,12-4-6-13(16)7-5-12)17-14-8-10-18(3)11-9-14/h4-7,14,17H,8-11H2,1-3H3.